The van der Waals surface area contributed by atoms with Crippen molar-refractivity contribution < 1.29 is 0 Å². The molecule has 5 nitrogen and oxygen atoms in total. The highest BCUT2D eigenvalue weighted by atomic mass is 79.9. The molecule has 0 radical (unpaired) electrons. The molecule has 0 aliphatic carbocycles. The van der Waals surface area contributed by atoms with Crippen molar-refractivity contribution in [2.24, 2.45) is 0 Å². The molecule has 0 spiro atoms. The minimum absolute atomic E-state index is 0.781. The molecule has 0 saturated carbocycles. The first-order valence-corrected chi connectivity index (χ1v) is 7.18. The van der Waals surface area contributed by atoms with Gasteiger partial charge in [-0.05, 0) is 24.6 Å². The Morgan fingerprint density at radius 1 is 1.26 bits per heavy atom. The standard InChI is InChI=1S/C13H16BrN5/c1-9-2-3-10(11(14)8-9)12-16-13(18-17-12)19-6-4-15-5-7-19/h2-3,8,15H,4-7H2,1H3,(H,16,17,18). The lowest BCUT2D eigenvalue weighted by Gasteiger charge is -2.25. The molecule has 6 heteroatoms. The third-order valence-electron chi connectivity index (χ3n) is 3.25. The van der Waals surface area contributed by atoms with E-state index in [-0.39, 0.29) is 0 Å². The van der Waals surface area contributed by atoms with Crippen molar-refractivity contribution in [2.45, 2.75) is 6.92 Å². The Balaban J connectivity index is 1.87. The van der Waals surface area contributed by atoms with Gasteiger partial charge in [0.15, 0.2) is 5.82 Å². The van der Waals surface area contributed by atoms with Gasteiger partial charge in [-0.2, -0.15) is 4.98 Å². The van der Waals surface area contributed by atoms with E-state index in [0.717, 1.165) is 48.0 Å². The lowest BCUT2D eigenvalue weighted by molar-refractivity contribution is 0.580. The Labute approximate surface area is 120 Å². The van der Waals surface area contributed by atoms with E-state index in [2.05, 4.69) is 66.5 Å². The van der Waals surface area contributed by atoms with Crippen LogP contribution in [0.4, 0.5) is 5.95 Å². The summed E-state index contributed by atoms with van der Waals surface area (Å²) in [5, 5.41) is 10.7. The smallest absolute Gasteiger partial charge is 0.245 e. The van der Waals surface area contributed by atoms with Crippen LogP contribution in [-0.4, -0.2) is 41.4 Å². The highest BCUT2D eigenvalue weighted by Crippen LogP contribution is 2.27. The van der Waals surface area contributed by atoms with E-state index in [4.69, 9.17) is 0 Å². The lowest BCUT2D eigenvalue weighted by atomic mass is 10.1. The average Bonchev–Trinajstić information content (AvgIpc) is 2.89. The Morgan fingerprint density at radius 3 is 2.79 bits per heavy atom. The average molecular weight is 322 g/mol. The summed E-state index contributed by atoms with van der Waals surface area (Å²) in [5.74, 6) is 1.59. The molecule has 3 rings (SSSR count). The zero-order chi connectivity index (χ0) is 13.2. The number of aryl methyl sites for hydroxylation is 1. The number of piperazine rings is 1. The van der Waals surface area contributed by atoms with Gasteiger partial charge in [0.05, 0.1) is 0 Å². The maximum absolute atomic E-state index is 4.60. The van der Waals surface area contributed by atoms with Gasteiger partial charge in [0.1, 0.15) is 0 Å². The molecule has 0 atom stereocenters. The zero-order valence-corrected chi connectivity index (χ0v) is 12.4. The summed E-state index contributed by atoms with van der Waals surface area (Å²) in [4.78, 5) is 6.79. The summed E-state index contributed by atoms with van der Waals surface area (Å²) in [6, 6.07) is 6.22. The van der Waals surface area contributed by atoms with E-state index in [0.29, 0.717) is 0 Å². The van der Waals surface area contributed by atoms with Crippen LogP contribution in [-0.2, 0) is 0 Å². The molecule has 1 aromatic carbocycles. The fourth-order valence-corrected chi connectivity index (χ4v) is 2.87. The number of benzene rings is 1. The van der Waals surface area contributed by atoms with Crippen LogP contribution in [0.25, 0.3) is 11.4 Å². The topological polar surface area (TPSA) is 56.8 Å². The van der Waals surface area contributed by atoms with Crippen molar-refractivity contribution >= 4 is 21.9 Å². The van der Waals surface area contributed by atoms with Crippen LogP contribution >= 0.6 is 15.9 Å². The largest absolute Gasteiger partial charge is 0.337 e. The van der Waals surface area contributed by atoms with Crippen LogP contribution in [0.1, 0.15) is 5.56 Å². The highest BCUT2D eigenvalue weighted by Gasteiger charge is 2.16. The fraction of sp³-hybridized carbons (Fsp3) is 0.385. The van der Waals surface area contributed by atoms with Gasteiger partial charge in [0.2, 0.25) is 5.95 Å². The minimum atomic E-state index is 0.781. The number of anilines is 1. The molecule has 1 aliphatic heterocycles. The number of halogens is 1. The first kappa shape index (κ1) is 12.6. The molecule has 2 heterocycles. The number of hydrogen-bond donors (Lipinski definition) is 2. The fourth-order valence-electron chi connectivity index (χ4n) is 2.19. The second-order valence-corrected chi connectivity index (χ2v) is 5.56. The number of H-pyrrole nitrogens is 1. The van der Waals surface area contributed by atoms with Gasteiger partial charge in [-0.25, -0.2) is 0 Å². The van der Waals surface area contributed by atoms with Crippen LogP contribution < -0.4 is 10.2 Å². The number of nitrogens with zero attached hydrogens (tertiary/aromatic N) is 3. The van der Waals surface area contributed by atoms with Crippen LogP contribution in [0.3, 0.4) is 0 Å². The van der Waals surface area contributed by atoms with Crippen molar-refractivity contribution in [1.29, 1.82) is 0 Å². The van der Waals surface area contributed by atoms with Crippen molar-refractivity contribution in [3.05, 3.63) is 28.2 Å². The molecule has 1 saturated heterocycles. The number of nitrogens with one attached hydrogen (secondary N) is 2. The maximum atomic E-state index is 4.60. The summed E-state index contributed by atoms with van der Waals surface area (Å²) in [6.07, 6.45) is 0. The maximum Gasteiger partial charge on any atom is 0.245 e. The zero-order valence-electron chi connectivity index (χ0n) is 10.8. The molecule has 19 heavy (non-hydrogen) atoms. The van der Waals surface area contributed by atoms with Gasteiger partial charge in [-0.15, -0.1) is 5.10 Å². The van der Waals surface area contributed by atoms with E-state index < -0.39 is 0 Å². The second-order valence-electron chi connectivity index (χ2n) is 4.70. The molecule has 0 unspecified atom stereocenters. The van der Waals surface area contributed by atoms with Crippen LogP contribution in [0.2, 0.25) is 0 Å². The van der Waals surface area contributed by atoms with Crippen LogP contribution in [0.15, 0.2) is 22.7 Å². The van der Waals surface area contributed by atoms with Gasteiger partial charge >= 0.3 is 0 Å². The normalized spacial score (nSPS) is 15.8. The van der Waals surface area contributed by atoms with Crippen LogP contribution in [0.5, 0.6) is 0 Å². The van der Waals surface area contributed by atoms with Gasteiger partial charge in [-0.3, -0.25) is 5.10 Å². The van der Waals surface area contributed by atoms with E-state index in [1.807, 2.05) is 0 Å². The van der Waals surface area contributed by atoms with E-state index in [1.165, 1.54) is 5.56 Å². The first-order chi connectivity index (χ1) is 9.24. The third-order valence-corrected chi connectivity index (χ3v) is 3.91. The minimum Gasteiger partial charge on any atom is -0.337 e. The molecule has 100 valence electrons. The molecule has 2 aromatic rings. The van der Waals surface area contributed by atoms with Crippen LogP contribution in [0, 0.1) is 6.92 Å². The predicted molar refractivity (Wildman–Crippen MR) is 79.3 cm³/mol. The molecule has 0 bridgehead atoms. The monoisotopic (exact) mass is 321 g/mol. The third kappa shape index (κ3) is 2.64. The number of hydrogen-bond acceptors (Lipinski definition) is 4. The quantitative estimate of drug-likeness (QED) is 0.887. The molecular weight excluding hydrogens is 306 g/mol. The first-order valence-electron chi connectivity index (χ1n) is 6.38. The molecular formula is C13H16BrN5. The Bertz CT molecular complexity index is 574. The van der Waals surface area contributed by atoms with Gasteiger partial charge in [-0.1, -0.05) is 22.0 Å². The van der Waals surface area contributed by atoms with Crippen molar-refractivity contribution in [3.63, 3.8) is 0 Å². The van der Waals surface area contributed by atoms with Gasteiger partial charge < -0.3 is 10.2 Å². The second kappa shape index (κ2) is 5.30. The number of aromatic nitrogens is 3. The molecule has 1 aliphatic rings. The molecule has 1 aromatic heterocycles. The summed E-state index contributed by atoms with van der Waals surface area (Å²) < 4.78 is 1.04. The van der Waals surface area contributed by atoms with E-state index in [9.17, 15) is 0 Å². The molecule has 1 fully saturated rings. The number of aromatic amines is 1. The Morgan fingerprint density at radius 2 is 2.05 bits per heavy atom. The van der Waals surface area contributed by atoms with Gasteiger partial charge in [0.25, 0.3) is 0 Å². The summed E-state index contributed by atoms with van der Waals surface area (Å²) >= 11 is 3.58. The van der Waals surface area contributed by atoms with Crippen molar-refractivity contribution in [3.8, 4) is 11.4 Å². The lowest BCUT2D eigenvalue weighted by Crippen LogP contribution is -2.44. The summed E-state index contributed by atoms with van der Waals surface area (Å²) in [5.41, 5.74) is 2.26. The van der Waals surface area contributed by atoms with E-state index in [1.54, 1.807) is 0 Å². The van der Waals surface area contributed by atoms with Crippen molar-refractivity contribution in [1.82, 2.24) is 20.5 Å². The number of rotatable bonds is 2. The summed E-state index contributed by atoms with van der Waals surface area (Å²) in [6.45, 7) is 5.94. The Hall–Kier alpha value is -1.40. The van der Waals surface area contributed by atoms with E-state index >= 15 is 0 Å². The van der Waals surface area contributed by atoms with Crippen molar-refractivity contribution in [2.75, 3.05) is 31.1 Å². The highest BCUT2D eigenvalue weighted by molar-refractivity contribution is 9.10. The Kier molecular flexibility index (Phi) is 3.52. The SMILES string of the molecule is Cc1ccc(-c2nc(N3CCNCC3)n[nH]2)c(Br)c1. The predicted octanol–water partition coefficient (Wildman–Crippen LogP) is 1.95. The summed E-state index contributed by atoms with van der Waals surface area (Å²) in [7, 11) is 0. The molecule has 0 amide bonds. The molecule has 2 N–H and O–H groups in total. The van der Waals surface area contributed by atoms with Gasteiger partial charge in [0, 0.05) is 36.2 Å².